The maximum Gasteiger partial charge on any atom is 0.128 e. The Morgan fingerprint density at radius 1 is 1.47 bits per heavy atom. The normalized spacial score (nSPS) is 17.7. The second-order valence-corrected chi connectivity index (χ2v) is 6.24. The summed E-state index contributed by atoms with van der Waals surface area (Å²) in [4.78, 5) is 4.52. The quantitative estimate of drug-likeness (QED) is 0.752. The van der Waals surface area contributed by atoms with Crippen molar-refractivity contribution in [3.05, 3.63) is 29.3 Å². The fraction of sp³-hybridized carbons (Fsp3) is 0.533. The van der Waals surface area contributed by atoms with Crippen molar-refractivity contribution in [2.24, 2.45) is 5.92 Å². The Hall–Kier alpha value is -1.09. The van der Waals surface area contributed by atoms with E-state index in [1.807, 2.05) is 13.0 Å². The molecule has 102 valence electrons. The lowest BCUT2D eigenvalue weighted by Gasteiger charge is -2.27. The molecule has 0 N–H and O–H groups in total. The monoisotopic (exact) mass is 280 g/mol. The highest BCUT2D eigenvalue weighted by Gasteiger charge is 2.23. The van der Waals surface area contributed by atoms with Gasteiger partial charge in [-0.05, 0) is 44.2 Å². The number of hydrogen-bond acceptors (Lipinski definition) is 1. The van der Waals surface area contributed by atoms with Gasteiger partial charge in [0, 0.05) is 12.6 Å². The molecule has 2 aromatic rings. The first-order chi connectivity index (χ1) is 9.06. The van der Waals surface area contributed by atoms with E-state index in [0.717, 1.165) is 23.8 Å². The van der Waals surface area contributed by atoms with E-state index in [0.29, 0.717) is 11.1 Å². The SMILES string of the molecule is Cc1cc2c(cc1F)nc(C(C)Cl)n2CC1CCC1. The molecule has 1 aromatic carbocycles. The summed E-state index contributed by atoms with van der Waals surface area (Å²) in [5, 5.41) is -0.157. The fourth-order valence-corrected chi connectivity index (χ4v) is 2.86. The summed E-state index contributed by atoms with van der Waals surface area (Å²) in [5.74, 6) is 1.38. The molecule has 0 spiro atoms. The van der Waals surface area contributed by atoms with E-state index in [1.165, 1.54) is 25.3 Å². The first-order valence-electron chi connectivity index (χ1n) is 6.86. The van der Waals surface area contributed by atoms with Crippen LogP contribution in [0.2, 0.25) is 0 Å². The van der Waals surface area contributed by atoms with Gasteiger partial charge in [0.15, 0.2) is 0 Å². The molecular weight excluding hydrogens is 263 g/mol. The second kappa shape index (κ2) is 4.78. The van der Waals surface area contributed by atoms with E-state index < -0.39 is 0 Å². The lowest BCUT2D eigenvalue weighted by molar-refractivity contribution is 0.276. The van der Waals surface area contributed by atoms with Crippen LogP contribution in [0.15, 0.2) is 12.1 Å². The van der Waals surface area contributed by atoms with Crippen LogP contribution in [0.1, 0.15) is 43.0 Å². The summed E-state index contributed by atoms with van der Waals surface area (Å²) in [7, 11) is 0. The minimum Gasteiger partial charge on any atom is -0.326 e. The average Bonchev–Trinajstić information content (AvgIpc) is 2.63. The van der Waals surface area contributed by atoms with Gasteiger partial charge < -0.3 is 4.57 Å². The number of alkyl halides is 1. The third-order valence-corrected chi connectivity index (χ3v) is 4.27. The first-order valence-corrected chi connectivity index (χ1v) is 7.30. The van der Waals surface area contributed by atoms with Gasteiger partial charge in [0.1, 0.15) is 11.6 Å². The molecule has 0 saturated heterocycles. The maximum absolute atomic E-state index is 13.6. The minimum absolute atomic E-state index is 0.157. The summed E-state index contributed by atoms with van der Waals surface area (Å²) < 4.78 is 15.8. The molecule has 0 bridgehead atoms. The van der Waals surface area contributed by atoms with Gasteiger partial charge in [0.2, 0.25) is 0 Å². The summed E-state index contributed by atoms with van der Waals surface area (Å²) in [6, 6.07) is 3.41. The molecule has 19 heavy (non-hydrogen) atoms. The van der Waals surface area contributed by atoms with Gasteiger partial charge in [-0.2, -0.15) is 0 Å². The minimum atomic E-state index is -0.199. The topological polar surface area (TPSA) is 17.8 Å². The van der Waals surface area contributed by atoms with E-state index >= 15 is 0 Å². The highest BCUT2D eigenvalue weighted by molar-refractivity contribution is 6.20. The molecule has 1 unspecified atom stereocenters. The third-order valence-electron chi connectivity index (χ3n) is 4.08. The van der Waals surface area contributed by atoms with Crippen molar-refractivity contribution in [1.29, 1.82) is 0 Å². The Balaban J connectivity index is 2.13. The van der Waals surface area contributed by atoms with Crippen molar-refractivity contribution in [1.82, 2.24) is 9.55 Å². The zero-order valence-corrected chi connectivity index (χ0v) is 12.0. The van der Waals surface area contributed by atoms with Crippen molar-refractivity contribution < 1.29 is 4.39 Å². The van der Waals surface area contributed by atoms with Gasteiger partial charge >= 0.3 is 0 Å². The summed E-state index contributed by atoms with van der Waals surface area (Å²) in [6.07, 6.45) is 3.86. The number of aryl methyl sites for hydroxylation is 1. The smallest absolute Gasteiger partial charge is 0.128 e. The van der Waals surface area contributed by atoms with E-state index in [1.54, 1.807) is 6.92 Å². The van der Waals surface area contributed by atoms with E-state index in [4.69, 9.17) is 11.6 Å². The van der Waals surface area contributed by atoms with Crippen molar-refractivity contribution in [3.63, 3.8) is 0 Å². The van der Waals surface area contributed by atoms with Gasteiger partial charge in [-0.25, -0.2) is 9.37 Å². The number of imidazole rings is 1. The number of aromatic nitrogens is 2. The van der Waals surface area contributed by atoms with Gasteiger partial charge in [-0.1, -0.05) is 6.42 Å². The molecule has 2 nitrogen and oxygen atoms in total. The summed E-state index contributed by atoms with van der Waals surface area (Å²) in [5.41, 5.74) is 2.38. The van der Waals surface area contributed by atoms with Crippen LogP contribution in [0, 0.1) is 18.7 Å². The third kappa shape index (κ3) is 2.25. The first kappa shape index (κ1) is 12.9. The Kier molecular flexibility index (Phi) is 3.25. The van der Waals surface area contributed by atoms with Crippen LogP contribution in [-0.4, -0.2) is 9.55 Å². The predicted octanol–water partition coefficient (Wildman–Crippen LogP) is 4.58. The van der Waals surface area contributed by atoms with Crippen molar-refractivity contribution >= 4 is 22.6 Å². The zero-order chi connectivity index (χ0) is 13.6. The van der Waals surface area contributed by atoms with Crippen LogP contribution < -0.4 is 0 Å². The number of halogens is 2. The van der Waals surface area contributed by atoms with Gasteiger partial charge in [0.25, 0.3) is 0 Å². The molecule has 1 atom stereocenters. The van der Waals surface area contributed by atoms with Crippen LogP contribution >= 0.6 is 11.6 Å². The van der Waals surface area contributed by atoms with E-state index in [9.17, 15) is 4.39 Å². The summed E-state index contributed by atoms with van der Waals surface area (Å²) in [6.45, 7) is 4.66. The van der Waals surface area contributed by atoms with Crippen LogP contribution in [0.3, 0.4) is 0 Å². The number of rotatable bonds is 3. The van der Waals surface area contributed by atoms with Gasteiger partial charge in [0.05, 0.1) is 16.4 Å². The Morgan fingerprint density at radius 3 is 2.79 bits per heavy atom. The number of fused-ring (bicyclic) bond motifs is 1. The van der Waals surface area contributed by atoms with E-state index in [2.05, 4.69) is 9.55 Å². The summed E-state index contributed by atoms with van der Waals surface area (Å²) >= 11 is 6.23. The molecule has 1 fully saturated rings. The second-order valence-electron chi connectivity index (χ2n) is 5.58. The standard InChI is InChI=1S/C15H18ClFN2/c1-9-6-14-13(7-12(9)17)18-15(10(2)16)19(14)8-11-4-3-5-11/h6-7,10-11H,3-5,8H2,1-2H3. The molecule has 1 aromatic heterocycles. The van der Waals surface area contributed by atoms with Crippen molar-refractivity contribution in [2.45, 2.75) is 45.0 Å². The van der Waals surface area contributed by atoms with Crippen molar-refractivity contribution in [2.75, 3.05) is 0 Å². The molecule has 1 aliphatic rings. The number of benzene rings is 1. The Labute approximate surface area is 117 Å². The van der Waals surface area contributed by atoms with Gasteiger partial charge in [-0.3, -0.25) is 0 Å². The largest absolute Gasteiger partial charge is 0.326 e. The molecule has 1 aliphatic carbocycles. The molecule has 0 amide bonds. The van der Waals surface area contributed by atoms with Crippen LogP contribution in [0.5, 0.6) is 0 Å². The fourth-order valence-electron chi connectivity index (χ4n) is 2.70. The molecule has 0 aliphatic heterocycles. The Bertz CT molecular complexity index is 614. The number of hydrogen-bond donors (Lipinski definition) is 0. The lowest BCUT2D eigenvalue weighted by Crippen LogP contribution is -2.19. The zero-order valence-electron chi connectivity index (χ0n) is 11.3. The van der Waals surface area contributed by atoms with Crippen molar-refractivity contribution in [3.8, 4) is 0 Å². The lowest BCUT2D eigenvalue weighted by atomic mass is 9.85. The molecular formula is C15H18ClFN2. The van der Waals surface area contributed by atoms with E-state index in [-0.39, 0.29) is 11.2 Å². The molecule has 1 heterocycles. The highest BCUT2D eigenvalue weighted by Crippen LogP contribution is 2.32. The van der Waals surface area contributed by atoms with Crippen LogP contribution in [-0.2, 0) is 6.54 Å². The van der Waals surface area contributed by atoms with Crippen LogP contribution in [0.25, 0.3) is 11.0 Å². The maximum atomic E-state index is 13.6. The van der Waals surface area contributed by atoms with Gasteiger partial charge in [-0.15, -0.1) is 11.6 Å². The molecule has 4 heteroatoms. The molecule has 0 radical (unpaired) electrons. The highest BCUT2D eigenvalue weighted by atomic mass is 35.5. The molecule has 1 saturated carbocycles. The average molecular weight is 281 g/mol. The Morgan fingerprint density at radius 2 is 2.21 bits per heavy atom. The number of nitrogens with zero attached hydrogens (tertiary/aromatic N) is 2. The van der Waals surface area contributed by atoms with Crippen LogP contribution in [0.4, 0.5) is 4.39 Å². The molecule has 3 rings (SSSR count). The predicted molar refractivity (Wildman–Crippen MR) is 76.0 cm³/mol.